The highest BCUT2D eigenvalue weighted by molar-refractivity contribution is 5.94. The van der Waals surface area contributed by atoms with Gasteiger partial charge in [-0.15, -0.1) is 0 Å². The lowest BCUT2D eigenvalue weighted by Crippen LogP contribution is -2.48. The van der Waals surface area contributed by atoms with Crippen molar-refractivity contribution in [2.75, 3.05) is 36.4 Å². The summed E-state index contributed by atoms with van der Waals surface area (Å²) in [4.78, 5) is 25.3. The molecular weight excluding hydrogens is 369 g/mol. The van der Waals surface area contributed by atoms with Gasteiger partial charge >= 0.3 is 0 Å². The van der Waals surface area contributed by atoms with E-state index in [-0.39, 0.29) is 11.7 Å². The van der Waals surface area contributed by atoms with Crippen LogP contribution in [0.2, 0.25) is 0 Å². The third-order valence-corrected chi connectivity index (χ3v) is 4.91. The number of carbonyl (C=O) groups excluding carboxylic acids is 1. The Labute approximate surface area is 169 Å². The molecule has 7 heteroatoms. The number of anilines is 3. The van der Waals surface area contributed by atoms with Gasteiger partial charge in [0.15, 0.2) is 0 Å². The molecule has 0 aliphatic carbocycles. The van der Waals surface area contributed by atoms with Crippen molar-refractivity contribution >= 4 is 23.2 Å². The fourth-order valence-corrected chi connectivity index (χ4v) is 3.37. The predicted molar refractivity (Wildman–Crippen MR) is 111 cm³/mol. The zero-order valence-corrected chi connectivity index (χ0v) is 16.2. The van der Waals surface area contributed by atoms with Crippen LogP contribution in [0.4, 0.5) is 21.7 Å². The van der Waals surface area contributed by atoms with E-state index in [1.165, 1.54) is 35.8 Å². The molecule has 2 heterocycles. The first kappa shape index (κ1) is 18.9. The molecule has 3 aromatic rings. The molecule has 29 heavy (non-hydrogen) atoms. The van der Waals surface area contributed by atoms with Crippen LogP contribution in [-0.2, 0) is 0 Å². The van der Waals surface area contributed by atoms with Gasteiger partial charge in [0, 0.05) is 49.9 Å². The molecule has 1 aromatic heterocycles. The Bertz CT molecular complexity index is 1000. The normalized spacial score (nSPS) is 14.0. The maximum Gasteiger partial charge on any atom is 0.257 e. The number of halogens is 1. The largest absolute Gasteiger partial charge is 0.368 e. The fraction of sp³-hybridized carbons (Fsp3) is 0.227. The topological polar surface area (TPSA) is 61.4 Å². The van der Waals surface area contributed by atoms with Crippen LogP contribution in [0.3, 0.4) is 0 Å². The van der Waals surface area contributed by atoms with Crippen molar-refractivity contribution < 1.29 is 9.18 Å². The fourth-order valence-electron chi connectivity index (χ4n) is 3.37. The minimum Gasteiger partial charge on any atom is -0.368 e. The van der Waals surface area contributed by atoms with Gasteiger partial charge in [-0.1, -0.05) is 18.2 Å². The Morgan fingerprint density at radius 1 is 1.00 bits per heavy atom. The molecule has 4 rings (SSSR count). The summed E-state index contributed by atoms with van der Waals surface area (Å²) in [6.45, 7) is 4.95. The van der Waals surface area contributed by atoms with Gasteiger partial charge in [0.05, 0.1) is 5.56 Å². The van der Waals surface area contributed by atoms with Crippen molar-refractivity contribution in [1.29, 1.82) is 0 Å². The molecule has 0 atom stereocenters. The lowest BCUT2D eigenvalue weighted by Gasteiger charge is -2.36. The first-order valence-corrected chi connectivity index (χ1v) is 9.54. The number of nitrogens with zero attached hydrogens (tertiary/aromatic N) is 4. The Hall–Kier alpha value is -3.48. The average molecular weight is 391 g/mol. The van der Waals surface area contributed by atoms with Crippen LogP contribution < -0.4 is 10.2 Å². The van der Waals surface area contributed by atoms with E-state index >= 15 is 0 Å². The van der Waals surface area contributed by atoms with Crippen LogP contribution in [-0.4, -0.2) is 47.0 Å². The molecule has 148 valence electrons. The van der Waals surface area contributed by atoms with Gasteiger partial charge in [-0.2, -0.15) is 0 Å². The molecule has 1 fully saturated rings. The lowest BCUT2D eigenvalue weighted by atomic mass is 10.2. The van der Waals surface area contributed by atoms with Crippen molar-refractivity contribution in [2.45, 2.75) is 6.92 Å². The molecule has 0 bridgehead atoms. The predicted octanol–water partition coefficient (Wildman–Crippen LogP) is 3.63. The summed E-state index contributed by atoms with van der Waals surface area (Å²) in [7, 11) is 0. The molecule has 1 aliphatic heterocycles. The monoisotopic (exact) mass is 391 g/mol. The Kier molecular flexibility index (Phi) is 5.37. The summed E-state index contributed by atoms with van der Waals surface area (Å²) >= 11 is 0. The molecular formula is C22H22FN5O. The van der Waals surface area contributed by atoms with Gasteiger partial charge in [-0.05, 0) is 42.8 Å². The second kappa shape index (κ2) is 8.26. The van der Waals surface area contributed by atoms with E-state index in [1.807, 2.05) is 4.90 Å². The number of aryl methyl sites for hydroxylation is 1. The number of benzene rings is 2. The van der Waals surface area contributed by atoms with Gasteiger partial charge in [-0.3, -0.25) is 4.79 Å². The van der Waals surface area contributed by atoms with Crippen LogP contribution in [0.1, 0.15) is 15.9 Å². The van der Waals surface area contributed by atoms with Crippen LogP contribution in [0.5, 0.6) is 0 Å². The highest BCUT2D eigenvalue weighted by atomic mass is 19.1. The van der Waals surface area contributed by atoms with Crippen molar-refractivity contribution in [1.82, 2.24) is 14.9 Å². The number of hydrogen-bond donors (Lipinski definition) is 1. The number of amides is 1. The minimum absolute atomic E-state index is 0.0776. The van der Waals surface area contributed by atoms with Crippen LogP contribution >= 0.6 is 0 Å². The van der Waals surface area contributed by atoms with Crippen molar-refractivity contribution in [3.05, 3.63) is 77.9 Å². The van der Waals surface area contributed by atoms with E-state index in [4.69, 9.17) is 0 Å². The minimum atomic E-state index is -0.341. The smallest absolute Gasteiger partial charge is 0.257 e. The number of rotatable bonds is 4. The Morgan fingerprint density at radius 3 is 2.41 bits per heavy atom. The summed E-state index contributed by atoms with van der Waals surface area (Å²) in [5.41, 5.74) is 3.41. The summed E-state index contributed by atoms with van der Waals surface area (Å²) < 4.78 is 13.3. The van der Waals surface area contributed by atoms with Gasteiger partial charge in [-0.25, -0.2) is 14.4 Å². The van der Waals surface area contributed by atoms with Gasteiger partial charge < -0.3 is 15.1 Å². The highest BCUT2D eigenvalue weighted by Gasteiger charge is 2.23. The van der Waals surface area contributed by atoms with Gasteiger partial charge in [0.25, 0.3) is 5.91 Å². The average Bonchev–Trinajstić information content (AvgIpc) is 2.74. The molecule has 1 aliphatic rings. The molecule has 2 aromatic carbocycles. The standard InChI is InChI=1S/C22H22FN5O/c1-16-4-2-7-20(12-16)27-8-10-28(11-9-27)21(29)17-14-24-22(25-15-17)26-19-6-3-5-18(23)13-19/h2-7,12-15H,8-11H2,1H3,(H,24,25,26). The van der Waals surface area contributed by atoms with E-state index in [2.05, 4.69) is 51.4 Å². The molecule has 0 unspecified atom stereocenters. The van der Waals surface area contributed by atoms with Crippen molar-refractivity contribution in [2.24, 2.45) is 0 Å². The molecule has 1 N–H and O–H groups in total. The second-order valence-electron chi connectivity index (χ2n) is 7.05. The molecule has 0 saturated carbocycles. The summed E-state index contributed by atoms with van der Waals surface area (Å²) in [5.74, 6) is -0.103. The van der Waals surface area contributed by atoms with E-state index in [0.717, 1.165) is 13.1 Å². The molecule has 1 saturated heterocycles. The van der Waals surface area contributed by atoms with Gasteiger partial charge in [0.1, 0.15) is 5.82 Å². The van der Waals surface area contributed by atoms with Crippen LogP contribution in [0.15, 0.2) is 60.9 Å². The number of piperazine rings is 1. The first-order valence-electron chi connectivity index (χ1n) is 9.54. The number of carbonyl (C=O) groups is 1. The van der Waals surface area contributed by atoms with E-state index in [0.29, 0.717) is 30.3 Å². The quantitative estimate of drug-likeness (QED) is 0.736. The number of aromatic nitrogens is 2. The van der Waals surface area contributed by atoms with Crippen LogP contribution in [0, 0.1) is 12.7 Å². The molecule has 0 radical (unpaired) electrons. The molecule has 1 amide bonds. The second-order valence-corrected chi connectivity index (χ2v) is 7.05. The lowest BCUT2D eigenvalue weighted by molar-refractivity contribution is 0.0746. The van der Waals surface area contributed by atoms with E-state index in [1.54, 1.807) is 12.1 Å². The maximum absolute atomic E-state index is 13.3. The summed E-state index contributed by atoms with van der Waals surface area (Å²) in [6, 6.07) is 14.4. The molecule has 0 spiro atoms. The first-order chi connectivity index (χ1) is 14.1. The zero-order valence-electron chi connectivity index (χ0n) is 16.2. The Morgan fingerprint density at radius 2 is 1.72 bits per heavy atom. The molecule has 6 nitrogen and oxygen atoms in total. The summed E-state index contributed by atoms with van der Waals surface area (Å²) in [5, 5.41) is 2.93. The third kappa shape index (κ3) is 4.51. The SMILES string of the molecule is Cc1cccc(N2CCN(C(=O)c3cnc(Nc4cccc(F)c4)nc3)CC2)c1. The highest BCUT2D eigenvalue weighted by Crippen LogP contribution is 2.19. The van der Waals surface area contributed by atoms with Gasteiger partial charge in [0.2, 0.25) is 5.95 Å². The number of nitrogens with one attached hydrogen (secondary N) is 1. The number of hydrogen-bond acceptors (Lipinski definition) is 5. The van der Waals surface area contributed by atoms with Crippen molar-refractivity contribution in [3.63, 3.8) is 0 Å². The maximum atomic E-state index is 13.3. The van der Waals surface area contributed by atoms with E-state index < -0.39 is 0 Å². The van der Waals surface area contributed by atoms with E-state index in [9.17, 15) is 9.18 Å². The zero-order chi connectivity index (χ0) is 20.2. The summed E-state index contributed by atoms with van der Waals surface area (Å²) in [6.07, 6.45) is 3.01. The van der Waals surface area contributed by atoms with Crippen molar-refractivity contribution in [3.8, 4) is 0 Å². The van der Waals surface area contributed by atoms with Crippen LogP contribution in [0.25, 0.3) is 0 Å². The third-order valence-electron chi connectivity index (χ3n) is 4.91. The Balaban J connectivity index is 1.36.